The molecule has 0 aromatic heterocycles. The highest BCUT2D eigenvalue weighted by molar-refractivity contribution is 9.10. The van der Waals surface area contributed by atoms with E-state index in [1.54, 1.807) is 61.7 Å². The summed E-state index contributed by atoms with van der Waals surface area (Å²) in [6.45, 7) is 1.78. The highest BCUT2D eigenvalue weighted by Crippen LogP contribution is 2.28. The molecule has 0 radical (unpaired) electrons. The minimum atomic E-state index is -4.21. The van der Waals surface area contributed by atoms with Crippen molar-refractivity contribution >= 4 is 43.5 Å². The molecule has 0 heterocycles. The van der Waals surface area contributed by atoms with Crippen LogP contribution in [0.4, 0.5) is 5.69 Å². The number of sulfonamides is 1. The van der Waals surface area contributed by atoms with Gasteiger partial charge in [0.05, 0.1) is 24.3 Å². The van der Waals surface area contributed by atoms with Crippen molar-refractivity contribution < 1.29 is 27.5 Å². The Morgan fingerprint density at radius 1 is 0.867 bits per heavy atom. The molecule has 0 aliphatic heterocycles. The van der Waals surface area contributed by atoms with E-state index in [0.29, 0.717) is 28.1 Å². The molecule has 0 unspecified atom stereocenters. The van der Waals surface area contributed by atoms with Gasteiger partial charge in [0.15, 0.2) is 0 Å². The summed E-state index contributed by atoms with van der Waals surface area (Å²) in [5.41, 5.74) is 1.84. The van der Waals surface area contributed by atoms with Crippen LogP contribution in [0.2, 0.25) is 0 Å². The molecule has 0 saturated heterocycles. The second kappa shape index (κ2) is 15.6. The molecule has 0 aliphatic rings. The number of anilines is 1. The summed E-state index contributed by atoms with van der Waals surface area (Å²) in [4.78, 5) is 29.3. The second-order valence-electron chi connectivity index (χ2n) is 10.1. The van der Waals surface area contributed by atoms with Gasteiger partial charge in [-0.2, -0.15) is 0 Å². The topological polar surface area (TPSA) is 105 Å². The third-order valence-corrected chi connectivity index (χ3v) is 9.44. The van der Waals surface area contributed by atoms with Gasteiger partial charge >= 0.3 is 0 Å². The van der Waals surface area contributed by atoms with Crippen molar-refractivity contribution in [2.24, 2.45) is 0 Å². The third kappa shape index (κ3) is 8.64. The first-order valence-corrected chi connectivity index (χ1v) is 16.6. The van der Waals surface area contributed by atoms with Crippen LogP contribution in [0.15, 0.2) is 112 Å². The van der Waals surface area contributed by atoms with Gasteiger partial charge in [-0.05, 0) is 78.7 Å². The van der Waals surface area contributed by atoms with Crippen LogP contribution in [0.25, 0.3) is 0 Å². The Morgan fingerprint density at radius 3 is 2.16 bits per heavy atom. The lowest BCUT2D eigenvalue weighted by molar-refractivity contribution is -0.139. The number of benzene rings is 4. The lowest BCUT2D eigenvalue weighted by Crippen LogP contribution is -2.53. The number of ether oxygens (including phenoxy) is 2. The molecule has 4 aromatic carbocycles. The van der Waals surface area contributed by atoms with E-state index in [4.69, 9.17) is 9.47 Å². The van der Waals surface area contributed by atoms with E-state index in [9.17, 15) is 18.0 Å². The van der Waals surface area contributed by atoms with Gasteiger partial charge in [0, 0.05) is 24.5 Å². The predicted octanol–water partition coefficient (Wildman–Crippen LogP) is 5.44. The fourth-order valence-electron chi connectivity index (χ4n) is 4.83. The smallest absolute Gasteiger partial charge is 0.264 e. The van der Waals surface area contributed by atoms with Crippen LogP contribution in [0.3, 0.4) is 0 Å². The van der Waals surface area contributed by atoms with Gasteiger partial charge in [-0.15, -0.1) is 0 Å². The first-order valence-electron chi connectivity index (χ1n) is 14.3. The zero-order valence-corrected chi connectivity index (χ0v) is 27.8. The SMILES string of the molecule is CCOc1ccc(N(CC(=O)N(Cc2cccc(OC)c2)[C@H](Cc2ccccc2)C(=O)NC)S(=O)(=O)c2ccc(Br)cc2)cc1. The van der Waals surface area contributed by atoms with E-state index in [-0.39, 0.29) is 29.5 Å². The normalized spacial score (nSPS) is 11.7. The Labute approximate surface area is 273 Å². The van der Waals surface area contributed by atoms with Crippen LogP contribution in [0.5, 0.6) is 11.5 Å². The zero-order valence-electron chi connectivity index (χ0n) is 25.4. The molecular weight excluding hydrogens is 658 g/mol. The molecule has 0 aliphatic carbocycles. The minimum Gasteiger partial charge on any atom is -0.497 e. The van der Waals surface area contributed by atoms with Crippen LogP contribution >= 0.6 is 15.9 Å². The molecule has 4 aromatic rings. The Bertz CT molecular complexity index is 1680. The first kappa shape index (κ1) is 33.5. The van der Waals surface area contributed by atoms with E-state index in [1.165, 1.54) is 24.1 Å². The van der Waals surface area contributed by atoms with Gasteiger partial charge in [-0.25, -0.2) is 8.42 Å². The molecule has 45 heavy (non-hydrogen) atoms. The van der Waals surface area contributed by atoms with Gasteiger partial charge in [0.2, 0.25) is 11.8 Å². The molecule has 0 saturated carbocycles. The summed E-state index contributed by atoms with van der Waals surface area (Å²) in [5.74, 6) is 0.222. The number of hydrogen-bond donors (Lipinski definition) is 1. The largest absolute Gasteiger partial charge is 0.497 e. The van der Waals surface area contributed by atoms with E-state index in [1.807, 2.05) is 43.3 Å². The van der Waals surface area contributed by atoms with Gasteiger partial charge in [0.25, 0.3) is 10.0 Å². The van der Waals surface area contributed by atoms with Crippen molar-refractivity contribution in [1.82, 2.24) is 10.2 Å². The van der Waals surface area contributed by atoms with Gasteiger partial charge in [0.1, 0.15) is 24.1 Å². The quantitative estimate of drug-likeness (QED) is 0.189. The van der Waals surface area contributed by atoms with Gasteiger partial charge < -0.3 is 19.7 Å². The van der Waals surface area contributed by atoms with Gasteiger partial charge in [-0.1, -0.05) is 58.4 Å². The van der Waals surface area contributed by atoms with E-state index in [0.717, 1.165) is 9.87 Å². The van der Waals surface area contributed by atoms with Crippen molar-refractivity contribution in [3.05, 3.63) is 119 Å². The summed E-state index contributed by atoms with van der Waals surface area (Å²) >= 11 is 3.35. The lowest BCUT2D eigenvalue weighted by atomic mass is 10.0. The zero-order chi connectivity index (χ0) is 32.4. The van der Waals surface area contributed by atoms with E-state index >= 15 is 0 Å². The molecule has 2 amide bonds. The van der Waals surface area contributed by atoms with E-state index in [2.05, 4.69) is 21.2 Å². The number of likely N-dealkylation sites (N-methyl/N-ethyl adjacent to an activating group) is 1. The van der Waals surface area contributed by atoms with Crippen LogP contribution < -0.4 is 19.1 Å². The predicted molar refractivity (Wildman–Crippen MR) is 178 cm³/mol. The molecular formula is C34H36BrN3O6S. The van der Waals surface area contributed by atoms with Crippen LogP contribution in [0.1, 0.15) is 18.1 Å². The number of halogens is 1. The summed E-state index contributed by atoms with van der Waals surface area (Å²) in [7, 11) is -1.15. The van der Waals surface area contributed by atoms with Crippen LogP contribution in [-0.4, -0.2) is 58.5 Å². The number of carbonyl (C=O) groups excluding carboxylic acids is 2. The Hall–Kier alpha value is -4.35. The molecule has 1 atom stereocenters. The average molecular weight is 695 g/mol. The second-order valence-corrected chi connectivity index (χ2v) is 12.9. The summed E-state index contributed by atoms with van der Waals surface area (Å²) in [5, 5.41) is 2.69. The number of nitrogens with zero attached hydrogens (tertiary/aromatic N) is 2. The molecule has 4 rings (SSSR count). The Morgan fingerprint density at radius 2 is 1.53 bits per heavy atom. The van der Waals surface area contributed by atoms with Crippen molar-refractivity contribution in [2.45, 2.75) is 30.8 Å². The monoisotopic (exact) mass is 693 g/mol. The Balaban J connectivity index is 1.79. The number of rotatable bonds is 14. The maximum Gasteiger partial charge on any atom is 0.264 e. The minimum absolute atomic E-state index is 0.0128. The number of carbonyl (C=O) groups is 2. The fourth-order valence-corrected chi connectivity index (χ4v) is 6.50. The highest BCUT2D eigenvalue weighted by atomic mass is 79.9. The number of hydrogen-bond acceptors (Lipinski definition) is 6. The third-order valence-electron chi connectivity index (χ3n) is 7.12. The van der Waals surface area contributed by atoms with Crippen molar-refractivity contribution in [2.75, 3.05) is 31.6 Å². The standard InChI is InChI=1S/C34H36BrN3O6S/c1-4-44-29-17-15-28(16-18-29)38(45(41,42)31-19-13-27(35)14-20-31)24-33(39)37(23-26-11-8-12-30(21-26)43-3)32(34(40)36-2)22-25-9-6-5-7-10-25/h5-21,32H,4,22-24H2,1-3H3,(H,36,40)/t32-/m1/s1. The number of methoxy groups -OCH3 is 1. The molecule has 9 nitrogen and oxygen atoms in total. The van der Waals surface area contributed by atoms with Crippen molar-refractivity contribution in [3.8, 4) is 11.5 Å². The van der Waals surface area contributed by atoms with Gasteiger partial charge in [-0.3, -0.25) is 13.9 Å². The molecule has 1 N–H and O–H groups in total. The van der Waals surface area contributed by atoms with E-state index < -0.39 is 28.5 Å². The van der Waals surface area contributed by atoms with Crippen LogP contribution in [0, 0.1) is 0 Å². The van der Waals surface area contributed by atoms with Crippen LogP contribution in [-0.2, 0) is 32.6 Å². The van der Waals surface area contributed by atoms with Crippen molar-refractivity contribution in [3.63, 3.8) is 0 Å². The molecule has 0 spiro atoms. The highest BCUT2D eigenvalue weighted by Gasteiger charge is 2.34. The molecule has 236 valence electrons. The summed E-state index contributed by atoms with van der Waals surface area (Å²) in [6.07, 6.45) is 0.221. The maximum atomic E-state index is 14.4. The summed E-state index contributed by atoms with van der Waals surface area (Å²) < 4.78 is 41.0. The number of nitrogens with one attached hydrogen (secondary N) is 1. The molecule has 0 fully saturated rings. The lowest BCUT2D eigenvalue weighted by Gasteiger charge is -2.33. The maximum absolute atomic E-state index is 14.4. The summed E-state index contributed by atoms with van der Waals surface area (Å²) in [6, 6.07) is 28.3. The average Bonchev–Trinajstić information content (AvgIpc) is 3.06. The molecule has 11 heteroatoms. The first-order chi connectivity index (χ1) is 21.7. The molecule has 0 bridgehead atoms. The number of amides is 2. The Kier molecular flexibility index (Phi) is 11.6. The van der Waals surface area contributed by atoms with Crippen molar-refractivity contribution in [1.29, 1.82) is 0 Å². The fraction of sp³-hybridized carbons (Fsp3) is 0.235.